The van der Waals surface area contributed by atoms with E-state index in [2.05, 4.69) is 0 Å². The molecule has 0 aliphatic carbocycles. The number of piperidine rings is 1. The van der Waals surface area contributed by atoms with Crippen LogP contribution in [-0.4, -0.2) is 72.8 Å². The molecule has 10 nitrogen and oxygen atoms in total. The molecule has 1 aliphatic heterocycles. The van der Waals surface area contributed by atoms with Gasteiger partial charge in [0.25, 0.3) is 10.0 Å². The van der Waals surface area contributed by atoms with Gasteiger partial charge in [0.05, 0.1) is 44.4 Å². The molecule has 0 spiro atoms. The number of esters is 1. The smallest absolute Gasteiger partial charge is 0.309 e. The van der Waals surface area contributed by atoms with Crippen LogP contribution in [0, 0.1) is 5.92 Å². The van der Waals surface area contributed by atoms with Gasteiger partial charge < -0.3 is 23.8 Å². The minimum absolute atomic E-state index is 0.0511. The zero-order valence-electron chi connectivity index (χ0n) is 20.9. The first kappa shape index (κ1) is 27.1. The summed E-state index contributed by atoms with van der Waals surface area (Å²) in [6.45, 7) is 2.34. The minimum Gasteiger partial charge on any atom is -0.497 e. The number of benzene rings is 2. The van der Waals surface area contributed by atoms with Crippen LogP contribution in [0.3, 0.4) is 0 Å². The molecule has 1 saturated heterocycles. The summed E-state index contributed by atoms with van der Waals surface area (Å²) >= 11 is 0. The normalized spacial score (nSPS) is 14.2. The van der Waals surface area contributed by atoms with Gasteiger partial charge in [0.15, 0.2) is 11.5 Å². The molecule has 36 heavy (non-hydrogen) atoms. The van der Waals surface area contributed by atoms with Gasteiger partial charge in [-0.1, -0.05) is 0 Å². The molecule has 0 atom stereocenters. The standard InChI is InChI=1S/C25H32N2O8S/c1-5-35-25(29)18-12-14-26(15-13-18)24(28)17-27(19-6-8-20(32-2)9-7-19)36(30,31)21-10-11-22(33-3)23(16-21)34-4/h6-11,16,18H,5,12-15,17H2,1-4H3. The summed E-state index contributed by atoms with van der Waals surface area (Å²) in [6, 6.07) is 10.7. The number of amides is 1. The Morgan fingerprint density at radius 3 is 2.14 bits per heavy atom. The van der Waals surface area contributed by atoms with Crippen LogP contribution in [0.2, 0.25) is 0 Å². The Kier molecular flexibility index (Phi) is 9.03. The third kappa shape index (κ3) is 6.01. The van der Waals surface area contributed by atoms with E-state index in [1.165, 1.54) is 39.5 Å². The lowest BCUT2D eigenvalue weighted by atomic mass is 9.97. The topological polar surface area (TPSA) is 112 Å². The van der Waals surface area contributed by atoms with Crippen LogP contribution in [0.1, 0.15) is 19.8 Å². The maximum atomic E-state index is 13.8. The highest BCUT2D eigenvalue weighted by atomic mass is 32.2. The fourth-order valence-corrected chi connectivity index (χ4v) is 5.45. The molecule has 11 heteroatoms. The number of likely N-dealkylation sites (tertiary alicyclic amines) is 1. The number of rotatable bonds is 10. The van der Waals surface area contributed by atoms with Crippen LogP contribution in [0.25, 0.3) is 0 Å². The number of hydrogen-bond donors (Lipinski definition) is 0. The van der Waals surface area contributed by atoms with E-state index in [0.717, 1.165) is 4.31 Å². The lowest BCUT2D eigenvalue weighted by Crippen LogP contribution is -2.46. The van der Waals surface area contributed by atoms with Crippen LogP contribution in [0.5, 0.6) is 17.2 Å². The molecule has 2 aromatic carbocycles. The Bertz CT molecular complexity index is 1160. The Balaban J connectivity index is 1.88. The lowest BCUT2D eigenvalue weighted by Gasteiger charge is -2.33. The van der Waals surface area contributed by atoms with Crippen molar-refractivity contribution in [3.63, 3.8) is 0 Å². The Labute approximate surface area is 211 Å². The summed E-state index contributed by atoms with van der Waals surface area (Å²) in [5.74, 6) is 0.294. The first-order valence-electron chi connectivity index (χ1n) is 11.6. The maximum Gasteiger partial charge on any atom is 0.309 e. The van der Waals surface area contributed by atoms with E-state index in [0.29, 0.717) is 49.7 Å². The predicted molar refractivity (Wildman–Crippen MR) is 133 cm³/mol. The number of methoxy groups -OCH3 is 3. The van der Waals surface area contributed by atoms with Gasteiger partial charge in [0.2, 0.25) is 5.91 Å². The molecule has 0 unspecified atom stereocenters. The van der Waals surface area contributed by atoms with Gasteiger partial charge in [-0.05, 0) is 56.2 Å². The summed E-state index contributed by atoms with van der Waals surface area (Å²) < 4.78 is 49.3. The van der Waals surface area contributed by atoms with Crippen LogP contribution < -0.4 is 18.5 Å². The van der Waals surface area contributed by atoms with Crippen molar-refractivity contribution in [1.82, 2.24) is 4.90 Å². The molecule has 196 valence electrons. The molecule has 1 heterocycles. The molecular weight excluding hydrogens is 488 g/mol. The molecule has 2 aromatic rings. The van der Waals surface area contributed by atoms with Gasteiger partial charge >= 0.3 is 5.97 Å². The second-order valence-corrected chi connectivity index (χ2v) is 10.00. The van der Waals surface area contributed by atoms with Crippen LogP contribution in [0.4, 0.5) is 5.69 Å². The maximum absolute atomic E-state index is 13.8. The van der Waals surface area contributed by atoms with Crippen molar-refractivity contribution in [1.29, 1.82) is 0 Å². The fourth-order valence-electron chi connectivity index (χ4n) is 4.02. The van der Waals surface area contributed by atoms with E-state index in [4.69, 9.17) is 18.9 Å². The number of anilines is 1. The zero-order valence-corrected chi connectivity index (χ0v) is 21.7. The minimum atomic E-state index is -4.16. The first-order chi connectivity index (χ1) is 17.2. The van der Waals surface area contributed by atoms with E-state index >= 15 is 0 Å². The summed E-state index contributed by atoms with van der Waals surface area (Å²) in [7, 11) is 0.223. The van der Waals surface area contributed by atoms with Crippen molar-refractivity contribution >= 4 is 27.6 Å². The second-order valence-electron chi connectivity index (χ2n) is 8.13. The fraction of sp³-hybridized carbons (Fsp3) is 0.440. The molecule has 3 rings (SSSR count). The van der Waals surface area contributed by atoms with Crippen molar-refractivity contribution in [2.75, 3.05) is 51.9 Å². The second kappa shape index (κ2) is 12.0. The number of carbonyl (C=O) groups is 2. The highest BCUT2D eigenvalue weighted by Gasteiger charge is 2.33. The third-order valence-electron chi connectivity index (χ3n) is 6.05. The predicted octanol–water partition coefficient (Wildman–Crippen LogP) is 2.71. The number of ether oxygens (including phenoxy) is 4. The number of hydrogen-bond acceptors (Lipinski definition) is 8. The summed E-state index contributed by atoms with van der Waals surface area (Å²) in [6.07, 6.45) is 0.936. The summed E-state index contributed by atoms with van der Waals surface area (Å²) in [5, 5.41) is 0. The summed E-state index contributed by atoms with van der Waals surface area (Å²) in [4.78, 5) is 26.8. The highest BCUT2D eigenvalue weighted by Crippen LogP contribution is 2.33. The zero-order chi connectivity index (χ0) is 26.3. The van der Waals surface area contributed by atoms with E-state index in [9.17, 15) is 18.0 Å². The molecule has 1 amide bonds. The molecule has 0 radical (unpaired) electrons. The third-order valence-corrected chi connectivity index (χ3v) is 7.82. The number of nitrogens with zero attached hydrogens (tertiary/aromatic N) is 2. The van der Waals surface area contributed by atoms with E-state index < -0.39 is 16.6 Å². The Morgan fingerprint density at radius 1 is 0.944 bits per heavy atom. The van der Waals surface area contributed by atoms with Crippen molar-refractivity contribution < 1.29 is 37.0 Å². The van der Waals surface area contributed by atoms with E-state index in [1.54, 1.807) is 36.1 Å². The van der Waals surface area contributed by atoms with Gasteiger partial charge in [-0.25, -0.2) is 8.42 Å². The van der Waals surface area contributed by atoms with Gasteiger partial charge in [-0.2, -0.15) is 0 Å². The largest absolute Gasteiger partial charge is 0.497 e. The van der Waals surface area contributed by atoms with Crippen LogP contribution in [-0.2, 0) is 24.3 Å². The van der Waals surface area contributed by atoms with Crippen molar-refractivity contribution in [2.45, 2.75) is 24.7 Å². The van der Waals surface area contributed by atoms with Crippen LogP contribution in [0.15, 0.2) is 47.4 Å². The molecule has 0 N–H and O–H groups in total. The SMILES string of the molecule is CCOC(=O)C1CCN(C(=O)CN(c2ccc(OC)cc2)S(=O)(=O)c2ccc(OC)c(OC)c2)CC1. The average Bonchev–Trinajstić information content (AvgIpc) is 2.91. The van der Waals surface area contributed by atoms with Crippen molar-refractivity contribution in [3.8, 4) is 17.2 Å². The molecule has 0 saturated carbocycles. The Morgan fingerprint density at radius 2 is 1.58 bits per heavy atom. The lowest BCUT2D eigenvalue weighted by molar-refractivity contribution is -0.151. The van der Waals surface area contributed by atoms with E-state index in [1.807, 2.05) is 0 Å². The number of carbonyl (C=O) groups excluding carboxylic acids is 2. The number of sulfonamides is 1. The quantitative estimate of drug-likeness (QED) is 0.440. The average molecular weight is 521 g/mol. The van der Waals surface area contributed by atoms with Crippen LogP contribution >= 0.6 is 0 Å². The molecule has 0 bridgehead atoms. The van der Waals surface area contributed by atoms with Gasteiger partial charge in [-0.15, -0.1) is 0 Å². The first-order valence-corrected chi connectivity index (χ1v) is 13.0. The molecule has 1 fully saturated rings. The molecule has 0 aromatic heterocycles. The van der Waals surface area contributed by atoms with Gasteiger partial charge in [0, 0.05) is 19.2 Å². The molecular formula is C25H32N2O8S. The Hall–Kier alpha value is -3.47. The highest BCUT2D eigenvalue weighted by molar-refractivity contribution is 7.92. The van der Waals surface area contributed by atoms with Crippen molar-refractivity contribution in [2.24, 2.45) is 5.92 Å². The monoisotopic (exact) mass is 520 g/mol. The van der Waals surface area contributed by atoms with Gasteiger partial charge in [-0.3, -0.25) is 13.9 Å². The summed E-state index contributed by atoms with van der Waals surface area (Å²) in [5.41, 5.74) is 0.306. The molecule has 1 aliphatic rings. The van der Waals surface area contributed by atoms with Gasteiger partial charge in [0.1, 0.15) is 12.3 Å². The van der Waals surface area contributed by atoms with E-state index in [-0.39, 0.29) is 28.4 Å². The van der Waals surface area contributed by atoms with Crippen molar-refractivity contribution in [3.05, 3.63) is 42.5 Å².